The first kappa shape index (κ1) is 33.8. The van der Waals surface area contributed by atoms with Gasteiger partial charge in [0.05, 0.1) is 55.2 Å². The maximum atomic E-state index is 12.6. The topological polar surface area (TPSA) is 189 Å². The quantitative estimate of drug-likeness (QED) is 0.100. The molecule has 1 heterocycles. The van der Waals surface area contributed by atoms with Crippen LogP contribution in [-0.4, -0.2) is 56.5 Å². The molecular weight excluding hydrogens is 614 g/mol. The largest absolute Gasteiger partial charge is 0.493 e. The summed E-state index contributed by atoms with van der Waals surface area (Å²) in [5.74, 6) is -0.426. The Balaban J connectivity index is 1.42. The number of nitrogens with zero attached hydrogens (tertiary/aromatic N) is 2. The summed E-state index contributed by atoms with van der Waals surface area (Å²) in [5, 5.41) is 20.9. The summed E-state index contributed by atoms with van der Waals surface area (Å²) < 4.78 is 27.3. The minimum absolute atomic E-state index is 0.0638. The monoisotopic (exact) mass is 647 g/mol. The van der Waals surface area contributed by atoms with Gasteiger partial charge in [0.2, 0.25) is 0 Å². The third-order valence-electron chi connectivity index (χ3n) is 6.78. The van der Waals surface area contributed by atoms with Crippen LogP contribution < -0.4 is 35.0 Å². The van der Waals surface area contributed by atoms with Crippen LogP contribution in [-0.2, 0) is 20.9 Å². The van der Waals surface area contributed by atoms with Crippen molar-refractivity contribution in [2.75, 3.05) is 27.4 Å². The molecule has 3 N–H and O–H groups in total. The lowest BCUT2D eigenvalue weighted by Crippen LogP contribution is -2.45. The van der Waals surface area contributed by atoms with Crippen molar-refractivity contribution in [3.63, 3.8) is 0 Å². The maximum Gasteiger partial charge on any atom is 0.338 e. The zero-order valence-electron chi connectivity index (χ0n) is 26.0. The number of nitro benzene ring substituents is 1. The van der Waals surface area contributed by atoms with Gasteiger partial charge in [0.25, 0.3) is 11.6 Å². The number of amides is 3. The zero-order chi connectivity index (χ0) is 33.9. The number of carbonyl (C=O) groups excluding carboxylic acids is 3. The molecule has 15 nitrogen and oxygen atoms in total. The van der Waals surface area contributed by atoms with Crippen LogP contribution in [0.5, 0.6) is 23.0 Å². The number of rotatable bonds is 14. The van der Waals surface area contributed by atoms with Gasteiger partial charge in [-0.3, -0.25) is 14.9 Å². The van der Waals surface area contributed by atoms with Gasteiger partial charge >= 0.3 is 12.0 Å². The van der Waals surface area contributed by atoms with Crippen molar-refractivity contribution in [3.8, 4) is 23.0 Å². The van der Waals surface area contributed by atoms with E-state index in [9.17, 15) is 24.5 Å². The van der Waals surface area contributed by atoms with Crippen LogP contribution in [0.4, 0.5) is 10.5 Å². The molecule has 3 aromatic carbocycles. The van der Waals surface area contributed by atoms with Crippen molar-refractivity contribution in [3.05, 3.63) is 98.7 Å². The van der Waals surface area contributed by atoms with Crippen LogP contribution in [0.3, 0.4) is 0 Å². The van der Waals surface area contributed by atoms with Gasteiger partial charge in [-0.2, -0.15) is 5.10 Å². The lowest BCUT2D eigenvalue weighted by Gasteiger charge is -2.28. The van der Waals surface area contributed by atoms with Crippen molar-refractivity contribution in [2.24, 2.45) is 5.10 Å². The molecule has 47 heavy (non-hydrogen) atoms. The Bertz CT molecular complexity index is 1710. The Morgan fingerprint density at radius 2 is 1.72 bits per heavy atom. The molecule has 0 aliphatic carbocycles. The fourth-order valence-electron chi connectivity index (χ4n) is 4.59. The van der Waals surface area contributed by atoms with Gasteiger partial charge in [-0.15, -0.1) is 0 Å². The lowest BCUT2D eigenvalue weighted by molar-refractivity contribution is -0.385. The Labute approximate surface area is 269 Å². The molecule has 3 amide bonds. The van der Waals surface area contributed by atoms with Gasteiger partial charge in [0, 0.05) is 5.70 Å². The first-order chi connectivity index (χ1) is 22.6. The highest BCUT2D eigenvalue weighted by molar-refractivity contribution is 5.95. The predicted octanol–water partition coefficient (Wildman–Crippen LogP) is 3.91. The van der Waals surface area contributed by atoms with E-state index >= 15 is 0 Å². The molecule has 1 atom stereocenters. The summed E-state index contributed by atoms with van der Waals surface area (Å²) >= 11 is 0. The molecule has 0 spiro atoms. The van der Waals surface area contributed by atoms with Gasteiger partial charge in [-0.1, -0.05) is 36.4 Å². The normalized spacial score (nSPS) is 14.1. The molecule has 1 aliphatic heterocycles. The average Bonchev–Trinajstić information content (AvgIpc) is 3.06. The van der Waals surface area contributed by atoms with E-state index in [0.717, 1.165) is 11.8 Å². The summed E-state index contributed by atoms with van der Waals surface area (Å²) in [6.07, 6.45) is 1.11. The van der Waals surface area contributed by atoms with Crippen LogP contribution in [0, 0.1) is 10.1 Å². The summed E-state index contributed by atoms with van der Waals surface area (Å²) in [6, 6.07) is 15.3. The minimum atomic E-state index is -0.824. The van der Waals surface area contributed by atoms with E-state index in [2.05, 4.69) is 21.2 Å². The third kappa shape index (κ3) is 8.54. The number of esters is 1. The van der Waals surface area contributed by atoms with Gasteiger partial charge in [-0.05, 0) is 43.2 Å². The second kappa shape index (κ2) is 15.7. The molecule has 4 rings (SSSR count). The summed E-state index contributed by atoms with van der Waals surface area (Å²) in [5.41, 5.74) is 3.97. The SMILES string of the molecule is CCOC(=O)C1=C(C)NC(=O)N[C@H]1c1ccc(OCC(=O)N/N=C\c2cc(OC)c(OCc3ccccc3)cc2[N+](=O)[O-])c(OC)c1. The number of allylic oxidation sites excluding steroid dienone is 1. The number of hydrogen-bond acceptors (Lipinski definition) is 11. The van der Waals surface area contributed by atoms with Gasteiger partial charge in [0.1, 0.15) is 6.61 Å². The molecule has 0 saturated heterocycles. The Kier molecular flexibility index (Phi) is 11.3. The summed E-state index contributed by atoms with van der Waals surface area (Å²) in [4.78, 5) is 48.5. The second-order valence-corrected chi connectivity index (χ2v) is 9.88. The van der Waals surface area contributed by atoms with E-state index < -0.39 is 35.5 Å². The molecule has 0 radical (unpaired) electrons. The van der Waals surface area contributed by atoms with Crippen molar-refractivity contribution >= 4 is 29.8 Å². The van der Waals surface area contributed by atoms with E-state index in [1.54, 1.807) is 26.0 Å². The molecule has 15 heteroatoms. The van der Waals surface area contributed by atoms with Gasteiger partial charge in [0.15, 0.2) is 29.6 Å². The van der Waals surface area contributed by atoms with Crippen LogP contribution >= 0.6 is 0 Å². The Morgan fingerprint density at radius 3 is 2.40 bits per heavy atom. The van der Waals surface area contributed by atoms with Gasteiger partial charge in [-0.25, -0.2) is 15.0 Å². The number of urea groups is 1. The Hall–Kier alpha value is -6.12. The van der Waals surface area contributed by atoms with Crippen molar-refractivity contribution in [1.82, 2.24) is 16.1 Å². The van der Waals surface area contributed by atoms with Crippen molar-refractivity contribution in [1.29, 1.82) is 0 Å². The number of nitrogens with one attached hydrogen (secondary N) is 3. The predicted molar refractivity (Wildman–Crippen MR) is 168 cm³/mol. The standard InChI is InChI=1S/C32H33N5O10/c1-5-45-31(39)29-19(2)34-32(40)35-30(29)21-11-12-24(25(13-21)43-3)47-18-28(38)36-33-16-22-14-26(44-4)27(15-23(22)37(41)42)46-17-20-9-7-6-8-10-20/h6-16,30H,5,17-18H2,1-4H3,(H,36,38)(H2,34,35,40)/b33-16-/t30-/m0/s1. The molecule has 3 aromatic rings. The molecule has 0 aromatic heterocycles. The highest BCUT2D eigenvalue weighted by atomic mass is 16.6. The zero-order valence-corrected chi connectivity index (χ0v) is 26.0. The fraction of sp³-hybridized carbons (Fsp3) is 0.250. The number of benzene rings is 3. The first-order valence-corrected chi connectivity index (χ1v) is 14.3. The number of carbonyl (C=O) groups is 3. The second-order valence-electron chi connectivity index (χ2n) is 9.88. The molecule has 1 aliphatic rings. The van der Waals surface area contributed by atoms with E-state index in [1.165, 1.54) is 32.4 Å². The highest BCUT2D eigenvalue weighted by Crippen LogP contribution is 2.36. The number of hydrogen-bond donors (Lipinski definition) is 3. The third-order valence-corrected chi connectivity index (χ3v) is 6.78. The first-order valence-electron chi connectivity index (χ1n) is 14.3. The van der Waals surface area contributed by atoms with Crippen LogP contribution in [0.15, 0.2) is 77.0 Å². The van der Waals surface area contributed by atoms with Crippen molar-refractivity contribution in [2.45, 2.75) is 26.5 Å². The van der Waals surface area contributed by atoms with E-state index in [-0.39, 0.29) is 53.0 Å². The summed E-state index contributed by atoms with van der Waals surface area (Å²) in [7, 11) is 2.79. The number of nitro groups is 1. The number of ether oxygens (including phenoxy) is 5. The highest BCUT2D eigenvalue weighted by Gasteiger charge is 2.32. The molecule has 0 unspecified atom stereocenters. The number of hydrazone groups is 1. The lowest BCUT2D eigenvalue weighted by atomic mass is 9.95. The van der Waals surface area contributed by atoms with Crippen LogP contribution in [0.25, 0.3) is 0 Å². The maximum absolute atomic E-state index is 12.6. The molecule has 0 bridgehead atoms. The molecule has 246 valence electrons. The van der Waals surface area contributed by atoms with E-state index in [1.807, 2.05) is 30.3 Å². The van der Waals surface area contributed by atoms with Crippen LogP contribution in [0.2, 0.25) is 0 Å². The van der Waals surface area contributed by atoms with E-state index in [0.29, 0.717) is 11.3 Å². The number of methoxy groups -OCH3 is 2. The molecule has 0 saturated carbocycles. The smallest absolute Gasteiger partial charge is 0.338 e. The Morgan fingerprint density at radius 1 is 1.00 bits per heavy atom. The molecule has 0 fully saturated rings. The summed E-state index contributed by atoms with van der Waals surface area (Å²) in [6.45, 7) is 3.11. The minimum Gasteiger partial charge on any atom is -0.493 e. The fourth-order valence-corrected chi connectivity index (χ4v) is 4.59. The van der Waals surface area contributed by atoms with Crippen molar-refractivity contribution < 1.29 is 43.0 Å². The van der Waals surface area contributed by atoms with E-state index in [4.69, 9.17) is 23.7 Å². The van der Waals surface area contributed by atoms with Crippen LogP contribution in [0.1, 0.15) is 36.6 Å². The average molecular weight is 648 g/mol. The molecular formula is C32H33N5O10. The van der Waals surface area contributed by atoms with Gasteiger partial charge < -0.3 is 34.3 Å².